The summed E-state index contributed by atoms with van der Waals surface area (Å²) in [6, 6.07) is 7.78. The Morgan fingerprint density at radius 3 is 2.73 bits per heavy atom. The summed E-state index contributed by atoms with van der Waals surface area (Å²) in [7, 11) is -0.140. The number of aryl methyl sites for hydroxylation is 1. The molecule has 1 aromatic carbocycles. The van der Waals surface area contributed by atoms with Gasteiger partial charge >= 0.3 is 0 Å². The zero-order valence-corrected chi connectivity index (χ0v) is 19.3. The summed E-state index contributed by atoms with van der Waals surface area (Å²) in [4.78, 5) is 9.80. The maximum absolute atomic E-state index is 11.9. The van der Waals surface area contributed by atoms with Gasteiger partial charge in [0.15, 0.2) is 5.82 Å². The number of unbranched alkanes of at least 4 members (excludes halogenated alkanes) is 1. The topological polar surface area (TPSA) is 77.3 Å². The van der Waals surface area contributed by atoms with Gasteiger partial charge < -0.3 is 9.30 Å². The molecule has 0 N–H and O–H groups in total. The second-order valence-electron chi connectivity index (χ2n) is 7.27. The lowest BCUT2D eigenvalue weighted by Crippen LogP contribution is -2.25. The Morgan fingerprint density at radius 2 is 2.00 bits per heavy atom. The Kier molecular flexibility index (Phi) is 7.38. The summed E-state index contributed by atoms with van der Waals surface area (Å²) >= 11 is 4.55. The molecule has 0 unspecified atom stereocenters. The van der Waals surface area contributed by atoms with Crippen LogP contribution in [0, 0.1) is 0 Å². The van der Waals surface area contributed by atoms with Crippen molar-refractivity contribution in [1.29, 1.82) is 0 Å². The molecule has 3 rings (SSSR count). The molecule has 0 atom stereocenters. The Bertz CT molecular complexity index is 1110. The molecule has 0 spiro atoms. The smallest absolute Gasteiger partial charge is 0.213 e. The quantitative estimate of drug-likeness (QED) is 0.378. The van der Waals surface area contributed by atoms with Crippen LogP contribution in [-0.4, -0.2) is 53.7 Å². The van der Waals surface area contributed by atoms with Gasteiger partial charge in [-0.15, -0.1) is 12.6 Å². The monoisotopic (exact) mass is 448 g/mol. The Morgan fingerprint density at radius 1 is 1.20 bits per heavy atom. The van der Waals surface area contributed by atoms with E-state index < -0.39 is 10.0 Å². The number of aromatic nitrogens is 3. The summed E-state index contributed by atoms with van der Waals surface area (Å²) in [5.74, 6) is 2.32. The summed E-state index contributed by atoms with van der Waals surface area (Å²) < 4.78 is 32.9. The molecule has 0 aliphatic heterocycles. The molecule has 7 nitrogen and oxygen atoms in total. The Balaban J connectivity index is 1.81. The molecule has 9 heteroatoms. The van der Waals surface area contributed by atoms with Gasteiger partial charge in [0.2, 0.25) is 10.0 Å². The third-order valence-corrected chi connectivity index (χ3v) is 7.07. The molecule has 3 aromatic rings. The number of nitrogens with zero attached hydrogens (tertiary/aromatic N) is 4. The van der Waals surface area contributed by atoms with Crippen LogP contribution in [0.25, 0.3) is 16.7 Å². The Hall–Kier alpha value is -2.10. The van der Waals surface area contributed by atoms with Gasteiger partial charge in [-0.3, -0.25) is 0 Å². The maximum Gasteiger partial charge on any atom is 0.213 e. The third kappa shape index (κ3) is 5.14. The number of hydrogen-bond donors (Lipinski definition) is 1. The molecule has 162 valence electrons. The van der Waals surface area contributed by atoms with Crippen molar-refractivity contribution in [2.75, 3.05) is 26.5 Å². The number of hydrogen-bond acceptors (Lipinski definition) is 6. The first kappa shape index (κ1) is 22.6. The molecule has 2 aromatic heterocycles. The number of benzene rings is 1. The van der Waals surface area contributed by atoms with Crippen LogP contribution >= 0.6 is 12.6 Å². The van der Waals surface area contributed by atoms with E-state index in [1.54, 1.807) is 6.20 Å². The minimum Gasteiger partial charge on any atom is -0.493 e. The number of fused-ring (bicyclic) bond motifs is 1. The first-order valence-corrected chi connectivity index (χ1v) is 12.1. The normalized spacial score (nSPS) is 12.0. The summed E-state index contributed by atoms with van der Waals surface area (Å²) in [6.07, 6.45) is 7.07. The van der Waals surface area contributed by atoms with E-state index in [0.717, 1.165) is 47.6 Å². The van der Waals surface area contributed by atoms with Crippen molar-refractivity contribution in [3.05, 3.63) is 42.5 Å². The predicted octanol–water partition coefficient (Wildman–Crippen LogP) is 3.71. The first-order valence-electron chi connectivity index (χ1n) is 10.0. The highest BCUT2D eigenvalue weighted by Crippen LogP contribution is 2.30. The molecule has 0 fully saturated rings. The van der Waals surface area contributed by atoms with Crippen molar-refractivity contribution in [2.45, 2.75) is 37.5 Å². The molecule has 0 bridgehead atoms. The second kappa shape index (κ2) is 9.80. The highest BCUT2D eigenvalue weighted by molar-refractivity contribution is 7.89. The molecule has 0 aliphatic carbocycles. The van der Waals surface area contributed by atoms with Crippen LogP contribution < -0.4 is 4.74 Å². The van der Waals surface area contributed by atoms with Crippen molar-refractivity contribution in [2.24, 2.45) is 0 Å². The summed E-state index contributed by atoms with van der Waals surface area (Å²) in [5, 5.41) is 0.939. The van der Waals surface area contributed by atoms with Crippen molar-refractivity contribution in [3.8, 4) is 11.6 Å². The maximum atomic E-state index is 11.9. The molecule has 0 amide bonds. The van der Waals surface area contributed by atoms with E-state index >= 15 is 0 Å². The first-order chi connectivity index (χ1) is 14.3. The van der Waals surface area contributed by atoms with Crippen LogP contribution in [0.3, 0.4) is 0 Å². The van der Waals surface area contributed by atoms with E-state index in [0.29, 0.717) is 17.9 Å². The van der Waals surface area contributed by atoms with Gasteiger partial charge in [0.1, 0.15) is 11.6 Å². The van der Waals surface area contributed by atoms with Crippen molar-refractivity contribution >= 4 is 33.6 Å². The SMILES string of the molecule is CCCCc1ncc(S)c(-n2ccc3c(OCCCS(=O)(=O)N(C)C)cccc32)n1. The molecule has 0 aliphatic rings. The number of sulfonamides is 1. The fourth-order valence-corrected chi connectivity index (χ4v) is 4.15. The van der Waals surface area contributed by atoms with Crippen molar-refractivity contribution < 1.29 is 13.2 Å². The molecular formula is C21H28N4O3S2. The molecule has 30 heavy (non-hydrogen) atoms. The van der Waals surface area contributed by atoms with Crippen LogP contribution in [-0.2, 0) is 16.4 Å². The van der Waals surface area contributed by atoms with E-state index in [-0.39, 0.29) is 5.75 Å². The van der Waals surface area contributed by atoms with E-state index in [4.69, 9.17) is 9.72 Å². The fraction of sp³-hybridized carbons (Fsp3) is 0.429. The average molecular weight is 449 g/mol. The minimum absolute atomic E-state index is 0.0570. The third-order valence-electron chi connectivity index (χ3n) is 4.84. The molecular weight excluding hydrogens is 420 g/mol. The minimum atomic E-state index is -3.22. The molecule has 0 saturated carbocycles. The number of rotatable bonds is 10. The average Bonchev–Trinajstić information content (AvgIpc) is 3.15. The zero-order valence-electron chi connectivity index (χ0n) is 17.6. The molecule has 0 saturated heterocycles. The van der Waals surface area contributed by atoms with Crippen LogP contribution in [0.2, 0.25) is 0 Å². The highest BCUT2D eigenvalue weighted by atomic mass is 32.2. The van der Waals surface area contributed by atoms with E-state index in [1.165, 1.54) is 18.4 Å². The summed E-state index contributed by atoms with van der Waals surface area (Å²) in [6.45, 7) is 2.47. The molecule has 0 radical (unpaired) electrons. The van der Waals surface area contributed by atoms with E-state index in [1.807, 2.05) is 35.0 Å². The lowest BCUT2D eigenvalue weighted by Gasteiger charge is -2.12. The van der Waals surface area contributed by atoms with Gasteiger partial charge in [-0.1, -0.05) is 19.4 Å². The molecule has 2 heterocycles. The standard InChI is InChI=1S/C21H28N4O3S2/c1-4-5-10-20-22-15-19(29)21(23-20)25-12-11-16-17(25)8-6-9-18(16)28-13-7-14-30(26,27)24(2)3/h6,8-9,11-12,15,29H,4-5,7,10,13-14H2,1-3H3. The summed E-state index contributed by atoms with van der Waals surface area (Å²) in [5.41, 5.74) is 0.948. The van der Waals surface area contributed by atoms with E-state index in [9.17, 15) is 8.42 Å². The van der Waals surface area contributed by atoms with E-state index in [2.05, 4.69) is 24.5 Å². The van der Waals surface area contributed by atoms with Crippen LogP contribution in [0.5, 0.6) is 5.75 Å². The van der Waals surface area contributed by atoms with Crippen LogP contribution in [0.1, 0.15) is 32.0 Å². The zero-order chi connectivity index (χ0) is 21.7. The van der Waals surface area contributed by atoms with Crippen LogP contribution in [0.4, 0.5) is 0 Å². The lowest BCUT2D eigenvalue weighted by molar-refractivity contribution is 0.320. The largest absolute Gasteiger partial charge is 0.493 e. The highest BCUT2D eigenvalue weighted by Gasteiger charge is 2.14. The van der Waals surface area contributed by atoms with Gasteiger partial charge in [0.25, 0.3) is 0 Å². The predicted molar refractivity (Wildman–Crippen MR) is 122 cm³/mol. The number of thiol groups is 1. The van der Waals surface area contributed by atoms with Gasteiger partial charge in [0.05, 0.1) is 22.8 Å². The fourth-order valence-electron chi connectivity index (χ4n) is 3.09. The lowest BCUT2D eigenvalue weighted by atomic mass is 10.2. The van der Waals surface area contributed by atoms with Crippen molar-refractivity contribution in [1.82, 2.24) is 18.8 Å². The van der Waals surface area contributed by atoms with Crippen molar-refractivity contribution in [3.63, 3.8) is 0 Å². The van der Waals surface area contributed by atoms with Crippen LogP contribution in [0.15, 0.2) is 41.6 Å². The van der Waals surface area contributed by atoms with Gasteiger partial charge in [-0.05, 0) is 31.0 Å². The second-order valence-corrected chi connectivity index (χ2v) is 10.1. The van der Waals surface area contributed by atoms with Gasteiger partial charge in [-0.25, -0.2) is 22.7 Å². The van der Waals surface area contributed by atoms with Gasteiger partial charge in [0, 0.05) is 38.3 Å². The Labute approximate surface area is 183 Å². The number of ether oxygens (including phenoxy) is 1. The van der Waals surface area contributed by atoms with Gasteiger partial charge in [-0.2, -0.15) is 0 Å².